The summed E-state index contributed by atoms with van der Waals surface area (Å²) in [5.74, 6) is -0.183. The fraction of sp³-hybridized carbons (Fsp3) is 0.100. The standard InChI is InChI=1S/C20H18ClN3O/c1-14-4-2-3-5-19(14)24-20(25)16-10-18(13-22-12-16)23-11-15-6-8-17(21)9-7-15/h2-10,12-13,23H,11H2,1H3,(H,24,25). The van der Waals surface area contributed by atoms with Crippen molar-refractivity contribution < 1.29 is 4.79 Å². The molecule has 0 saturated carbocycles. The molecule has 0 saturated heterocycles. The fourth-order valence-corrected chi connectivity index (χ4v) is 2.50. The van der Waals surface area contributed by atoms with Crippen LogP contribution in [0.5, 0.6) is 0 Å². The van der Waals surface area contributed by atoms with Crippen molar-refractivity contribution in [2.75, 3.05) is 10.6 Å². The first-order valence-electron chi connectivity index (χ1n) is 7.92. The number of aryl methyl sites for hydroxylation is 1. The third kappa shape index (κ3) is 4.58. The Morgan fingerprint density at radius 1 is 1.08 bits per heavy atom. The summed E-state index contributed by atoms with van der Waals surface area (Å²) >= 11 is 5.89. The topological polar surface area (TPSA) is 54.0 Å². The zero-order valence-electron chi connectivity index (χ0n) is 13.8. The average molecular weight is 352 g/mol. The van der Waals surface area contributed by atoms with Crippen molar-refractivity contribution in [1.29, 1.82) is 0 Å². The molecular weight excluding hydrogens is 334 g/mol. The number of hydrogen-bond donors (Lipinski definition) is 2. The summed E-state index contributed by atoms with van der Waals surface area (Å²) < 4.78 is 0. The maximum atomic E-state index is 12.4. The Labute approximate surface area is 151 Å². The van der Waals surface area contributed by atoms with Crippen molar-refractivity contribution >= 4 is 28.9 Å². The van der Waals surface area contributed by atoms with Gasteiger partial charge in [0.05, 0.1) is 11.3 Å². The lowest BCUT2D eigenvalue weighted by Crippen LogP contribution is -2.13. The molecule has 3 aromatic rings. The van der Waals surface area contributed by atoms with Gasteiger partial charge in [-0.1, -0.05) is 41.9 Å². The van der Waals surface area contributed by atoms with E-state index in [0.717, 1.165) is 22.5 Å². The monoisotopic (exact) mass is 351 g/mol. The number of benzene rings is 2. The van der Waals surface area contributed by atoms with E-state index >= 15 is 0 Å². The Hall–Kier alpha value is -2.85. The van der Waals surface area contributed by atoms with Gasteiger partial charge in [-0.2, -0.15) is 0 Å². The van der Waals surface area contributed by atoms with Crippen LogP contribution in [0.1, 0.15) is 21.5 Å². The maximum absolute atomic E-state index is 12.4. The van der Waals surface area contributed by atoms with Crippen molar-refractivity contribution in [2.45, 2.75) is 13.5 Å². The average Bonchev–Trinajstić information content (AvgIpc) is 2.63. The number of nitrogens with zero attached hydrogens (tertiary/aromatic N) is 1. The van der Waals surface area contributed by atoms with Crippen molar-refractivity contribution in [3.63, 3.8) is 0 Å². The Morgan fingerprint density at radius 3 is 2.60 bits per heavy atom. The van der Waals surface area contributed by atoms with Gasteiger partial charge >= 0.3 is 0 Å². The number of halogens is 1. The summed E-state index contributed by atoms with van der Waals surface area (Å²) in [6.45, 7) is 2.58. The highest BCUT2D eigenvalue weighted by molar-refractivity contribution is 6.30. The first-order valence-corrected chi connectivity index (χ1v) is 8.30. The molecule has 1 heterocycles. The second-order valence-electron chi connectivity index (χ2n) is 5.71. The van der Waals surface area contributed by atoms with E-state index < -0.39 is 0 Å². The summed E-state index contributed by atoms with van der Waals surface area (Å²) in [6, 6.07) is 17.1. The van der Waals surface area contributed by atoms with Crippen LogP contribution in [-0.2, 0) is 6.54 Å². The molecule has 2 N–H and O–H groups in total. The number of aromatic nitrogens is 1. The SMILES string of the molecule is Cc1ccccc1NC(=O)c1cncc(NCc2ccc(Cl)cc2)c1. The molecule has 0 atom stereocenters. The molecule has 3 rings (SSSR count). The lowest BCUT2D eigenvalue weighted by molar-refractivity contribution is 0.102. The van der Waals surface area contributed by atoms with Crippen LogP contribution in [0.25, 0.3) is 0 Å². The zero-order valence-corrected chi connectivity index (χ0v) is 14.5. The third-order valence-corrected chi connectivity index (χ3v) is 4.06. The fourth-order valence-electron chi connectivity index (χ4n) is 2.37. The highest BCUT2D eigenvalue weighted by Gasteiger charge is 2.09. The Morgan fingerprint density at radius 2 is 1.84 bits per heavy atom. The summed E-state index contributed by atoms with van der Waals surface area (Å²) in [5, 5.41) is 6.89. The minimum Gasteiger partial charge on any atom is -0.380 e. The van der Waals surface area contributed by atoms with Crippen LogP contribution in [0.2, 0.25) is 5.02 Å². The number of rotatable bonds is 5. The molecule has 0 unspecified atom stereocenters. The molecule has 126 valence electrons. The van der Waals surface area contributed by atoms with E-state index in [-0.39, 0.29) is 5.91 Å². The quantitative estimate of drug-likeness (QED) is 0.686. The van der Waals surface area contributed by atoms with E-state index in [1.54, 1.807) is 18.5 Å². The highest BCUT2D eigenvalue weighted by Crippen LogP contribution is 2.16. The molecule has 5 heteroatoms. The highest BCUT2D eigenvalue weighted by atomic mass is 35.5. The number of para-hydroxylation sites is 1. The summed E-state index contributed by atoms with van der Waals surface area (Å²) in [5.41, 5.74) is 4.20. The number of hydrogen-bond acceptors (Lipinski definition) is 3. The summed E-state index contributed by atoms with van der Waals surface area (Å²) in [7, 11) is 0. The molecule has 0 aliphatic heterocycles. The molecule has 0 bridgehead atoms. The number of anilines is 2. The number of pyridine rings is 1. The van der Waals surface area contributed by atoms with Crippen LogP contribution >= 0.6 is 11.6 Å². The van der Waals surface area contributed by atoms with Gasteiger partial charge in [-0.25, -0.2) is 0 Å². The van der Waals surface area contributed by atoms with Gasteiger partial charge in [0.2, 0.25) is 0 Å². The minimum absolute atomic E-state index is 0.183. The predicted octanol–water partition coefficient (Wildman–Crippen LogP) is 4.91. The lowest BCUT2D eigenvalue weighted by Gasteiger charge is -2.10. The van der Waals surface area contributed by atoms with E-state index in [1.165, 1.54) is 0 Å². The molecule has 1 amide bonds. The Balaban J connectivity index is 1.67. The minimum atomic E-state index is -0.183. The van der Waals surface area contributed by atoms with Gasteiger partial charge in [-0.05, 0) is 42.3 Å². The molecular formula is C20H18ClN3O. The lowest BCUT2D eigenvalue weighted by atomic mass is 10.2. The largest absolute Gasteiger partial charge is 0.380 e. The van der Waals surface area contributed by atoms with Gasteiger partial charge in [0.25, 0.3) is 5.91 Å². The van der Waals surface area contributed by atoms with Gasteiger partial charge < -0.3 is 10.6 Å². The van der Waals surface area contributed by atoms with Crippen molar-refractivity contribution in [1.82, 2.24) is 4.98 Å². The molecule has 25 heavy (non-hydrogen) atoms. The summed E-state index contributed by atoms with van der Waals surface area (Å²) in [4.78, 5) is 16.6. The van der Waals surface area contributed by atoms with E-state index in [9.17, 15) is 4.79 Å². The molecule has 0 aliphatic carbocycles. The normalized spacial score (nSPS) is 10.3. The van der Waals surface area contributed by atoms with Crippen LogP contribution in [0.3, 0.4) is 0 Å². The first-order chi connectivity index (χ1) is 12.1. The van der Waals surface area contributed by atoms with E-state index in [1.807, 2.05) is 55.5 Å². The second kappa shape index (κ2) is 7.81. The molecule has 1 aromatic heterocycles. The number of carbonyl (C=O) groups excluding carboxylic acids is 1. The zero-order chi connectivity index (χ0) is 17.6. The van der Waals surface area contributed by atoms with Crippen molar-refractivity contribution in [3.05, 3.63) is 88.7 Å². The van der Waals surface area contributed by atoms with Crippen LogP contribution in [0, 0.1) is 6.92 Å². The smallest absolute Gasteiger partial charge is 0.257 e. The van der Waals surface area contributed by atoms with Gasteiger partial charge in [-0.15, -0.1) is 0 Å². The third-order valence-electron chi connectivity index (χ3n) is 3.80. The molecule has 0 spiro atoms. The molecule has 4 nitrogen and oxygen atoms in total. The number of nitrogens with one attached hydrogen (secondary N) is 2. The van der Waals surface area contributed by atoms with E-state index in [2.05, 4.69) is 15.6 Å². The Bertz CT molecular complexity index is 878. The number of carbonyl (C=O) groups is 1. The number of amides is 1. The second-order valence-corrected chi connectivity index (χ2v) is 6.15. The molecule has 0 radical (unpaired) electrons. The van der Waals surface area contributed by atoms with Crippen LogP contribution in [0.15, 0.2) is 67.0 Å². The van der Waals surface area contributed by atoms with Gasteiger partial charge in [0.15, 0.2) is 0 Å². The van der Waals surface area contributed by atoms with Gasteiger partial charge in [0.1, 0.15) is 0 Å². The van der Waals surface area contributed by atoms with Crippen LogP contribution in [0.4, 0.5) is 11.4 Å². The van der Waals surface area contributed by atoms with Crippen molar-refractivity contribution in [3.8, 4) is 0 Å². The maximum Gasteiger partial charge on any atom is 0.257 e. The molecule has 0 fully saturated rings. The van der Waals surface area contributed by atoms with E-state index in [4.69, 9.17) is 11.6 Å². The Kier molecular flexibility index (Phi) is 5.31. The van der Waals surface area contributed by atoms with Crippen LogP contribution in [-0.4, -0.2) is 10.9 Å². The van der Waals surface area contributed by atoms with Gasteiger partial charge in [0, 0.05) is 29.6 Å². The molecule has 2 aromatic carbocycles. The molecule has 0 aliphatic rings. The van der Waals surface area contributed by atoms with Gasteiger partial charge in [-0.3, -0.25) is 9.78 Å². The predicted molar refractivity (Wildman–Crippen MR) is 102 cm³/mol. The van der Waals surface area contributed by atoms with Crippen LogP contribution < -0.4 is 10.6 Å². The summed E-state index contributed by atoms with van der Waals surface area (Å²) in [6.07, 6.45) is 3.25. The van der Waals surface area contributed by atoms with Crippen molar-refractivity contribution in [2.24, 2.45) is 0 Å². The van der Waals surface area contributed by atoms with E-state index in [0.29, 0.717) is 17.1 Å². The first kappa shape index (κ1) is 17.0.